The van der Waals surface area contributed by atoms with Crippen LogP contribution in [0.5, 0.6) is 0 Å². The molecule has 2 fully saturated rings. The van der Waals surface area contributed by atoms with E-state index in [0.29, 0.717) is 5.92 Å². The molecule has 0 saturated heterocycles. The van der Waals surface area contributed by atoms with Crippen LogP contribution in [-0.4, -0.2) is 5.97 Å². The molecule has 0 radical (unpaired) electrons. The summed E-state index contributed by atoms with van der Waals surface area (Å²) in [5.41, 5.74) is -0.0893. The molecule has 84 valence electrons. The summed E-state index contributed by atoms with van der Waals surface area (Å²) in [6, 6.07) is 0. The quantitative estimate of drug-likeness (QED) is 0.661. The molecule has 2 heteroatoms. The van der Waals surface area contributed by atoms with E-state index in [-0.39, 0.29) is 17.3 Å². The topological polar surface area (TPSA) is 40.1 Å². The molecule has 2 unspecified atom stereocenters. The monoisotopic (exact) mass is 207 g/mol. The highest BCUT2D eigenvalue weighted by atomic mass is 16.4. The molecule has 0 N–H and O–H groups in total. The van der Waals surface area contributed by atoms with E-state index in [1.165, 1.54) is 25.7 Å². The number of rotatable bonds is 3. The van der Waals surface area contributed by atoms with E-state index in [1.54, 1.807) is 0 Å². The first-order valence-corrected chi connectivity index (χ1v) is 5.92. The van der Waals surface area contributed by atoms with Crippen LogP contribution < -0.4 is 5.11 Å². The average molecular weight is 207 g/mol. The number of carboxylic acids is 1. The van der Waals surface area contributed by atoms with Crippen LogP contribution in [0.25, 0.3) is 0 Å². The third kappa shape index (κ3) is 1.95. The van der Waals surface area contributed by atoms with E-state index in [1.807, 2.05) is 13.8 Å². The number of hydrogen-bond donors (Lipinski definition) is 0. The van der Waals surface area contributed by atoms with Gasteiger partial charge in [-0.25, -0.2) is 0 Å². The maximum absolute atomic E-state index is 10.8. The first kappa shape index (κ1) is 10.7. The zero-order valence-corrected chi connectivity index (χ0v) is 9.53. The average Bonchev–Trinajstić information content (AvgIpc) is 2.55. The summed E-state index contributed by atoms with van der Waals surface area (Å²) in [5, 5.41) is 10.8. The van der Waals surface area contributed by atoms with E-state index in [9.17, 15) is 9.90 Å². The number of aliphatic carboxylic acids is 1. The van der Waals surface area contributed by atoms with Crippen molar-refractivity contribution in [3.8, 4) is 0 Å². The zero-order valence-electron chi connectivity index (χ0n) is 9.53. The Balaban J connectivity index is 1.93. The second kappa shape index (κ2) is 3.66. The van der Waals surface area contributed by atoms with E-state index >= 15 is 0 Å². The summed E-state index contributed by atoms with van der Waals surface area (Å²) in [4.78, 5) is 10.8. The van der Waals surface area contributed by atoms with E-state index in [4.69, 9.17) is 0 Å². The molecular formula is C13H19O2-. The number of carbonyl (C=O) groups is 1. The molecule has 0 aromatic heterocycles. The van der Waals surface area contributed by atoms with Gasteiger partial charge in [0, 0.05) is 11.9 Å². The number of hydrogen-bond acceptors (Lipinski definition) is 2. The maximum atomic E-state index is 10.8. The molecule has 0 heterocycles. The molecule has 2 rings (SSSR count). The van der Waals surface area contributed by atoms with E-state index < -0.39 is 5.97 Å². The zero-order chi connectivity index (χ0) is 11.1. The molecular weight excluding hydrogens is 188 g/mol. The summed E-state index contributed by atoms with van der Waals surface area (Å²) in [6.45, 7) is 4.02. The molecule has 0 spiro atoms. The van der Waals surface area contributed by atoms with Crippen molar-refractivity contribution in [2.45, 2.75) is 39.5 Å². The smallest absolute Gasteiger partial charge is 0.0456 e. The molecule has 2 saturated carbocycles. The van der Waals surface area contributed by atoms with Gasteiger partial charge in [-0.2, -0.15) is 0 Å². The van der Waals surface area contributed by atoms with Gasteiger partial charge in [0.15, 0.2) is 0 Å². The van der Waals surface area contributed by atoms with Gasteiger partial charge in [0.2, 0.25) is 0 Å². The second-order valence-electron chi connectivity index (χ2n) is 5.57. The summed E-state index contributed by atoms with van der Waals surface area (Å²) < 4.78 is 0. The number of carbonyl (C=O) groups excluding carboxylic acids is 1. The van der Waals surface area contributed by atoms with Gasteiger partial charge >= 0.3 is 0 Å². The minimum absolute atomic E-state index is 0.0893. The van der Waals surface area contributed by atoms with Crippen LogP contribution in [0.1, 0.15) is 39.5 Å². The van der Waals surface area contributed by atoms with Crippen LogP contribution in [0.4, 0.5) is 0 Å². The van der Waals surface area contributed by atoms with Gasteiger partial charge in [0.25, 0.3) is 0 Å². The Morgan fingerprint density at radius 3 is 2.33 bits per heavy atom. The number of allylic oxidation sites excluding steroid dienone is 2. The first-order chi connectivity index (χ1) is 7.03. The van der Waals surface area contributed by atoms with Crippen LogP contribution in [0, 0.1) is 23.2 Å². The highest BCUT2D eigenvalue weighted by Gasteiger charge is 2.56. The van der Waals surface area contributed by atoms with Gasteiger partial charge in [-0.15, -0.1) is 0 Å². The second-order valence-corrected chi connectivity index (χ2v) is 5.57. The predicted octanol–water partition coefficient (Wildman–Crippen LogP) is 1.75. The lowest BCUT2D eigenvalue weighted by molar-refractivity contribution is -0.308. The van der Waals surface area contributed by atoms with Gasteiger partial charge in [-0.1, -0.05) is 38.8 Å². The Bertz CT molecular complexity index is 285. The summed E-state index contributed by atoms with van der Waals surface area (Å²) in [6.07, 6.45) is 9.57. The van der Waals surface area contributed by atoms with Crippen molar-refractivity contribution >= 4 is 5.97 Å². The van der Waals surface area contributed by atoms with Crippen LogP contribution >= 0.6 is 0 Å². The Hall–Kier alpha value is -0.790. The molecule has 2 aliphatic carbocycles. The normalized spacial score (nSPS) is 34.8. The molecule has 0 aromatic carbocycles. The summed E-state index contributed by atoms with van der Waals surface area (Å²) >= 11 is 0. The highest BCUT2D eigenvalue weighted by Crippen LogP contribution is 2.58. The molecule has 2 aliphatic rings. The van der Waals surface area contributed by atoms with Gasteiger partial charge in [-0.3, -0.25) is 0 Å². The Morgan fingerprint density at radius 2 is 1.87 bits per heavy atom. The van der Waals surface area contributed by atoms with Crippen molar-refractivity contribution in [2.24, 2.45) is 23.2 Å². The van der Waals surface area contributed by atoms with E-state index in [0.717, 1.165) is 0 Å². The van der Waals surface area contributed by atoms with Crippen LogP contribution in [0.2, 0.25) is 0 Å². The standard InChI is InChI=1S/C13H20O2/c1-13(2)10(11(13)12(14)15)8-7-9-5-3-4-6-9/h7-11H,3-6H2,1-2H3,(H,14,15)/p-1/b8-7+. The van der Waals surface area contributed by atoms with Gasteiger partial charge in [0.05, 0.1) is 0 Å². The van der Waals surface area contributed by atoms with Crippen molar-refractivity contribution in [3.63, 3.8) is 0 Å². The molecule has 0 amide bonds. The van der Waals surface area contributed by atoms with Crippen LogP contribution in [-0.2, 0) is 4.79 Å². The van der Waals surface area contributed by atoms with Gasteiger partial charge in [-0.05, 0) is 30.1 Å². The molecule has 2 nitrogen and oxygen atoms in total. The lowest BCUT2D eigenvalue weighted by Crippen LogP contribution is -2.26. The minimum atomic E-state index is -0.888. The SMILES string of the molecule is CC1(C)C(/C=C/C2CCCC2)C1C(=O)[O-]. The Kier molecular flexibility index (Phi) is 2.61. The van der Waals surface area contributed by atoms with Crippen molar-refractivity contribution in [1.82, 2.24) is 0 Å². The summed E-state index contributed by atoms with van der Waals surface area (Å²) in [5.74, 6) is -0.261. The molecule has 0 aliphatic heterocycles. The first-order valence-electron chi connectivity index (χ1n) is 5.92. The highest BCUT2D eigenvalue weighted by molar-refractivity contribution is 5.74. The largest absolute Gasteiger partial charge is 0.550 e. The van der Waals surface area contributed by atoms with Crippen molar-refractivity contribution in [2.75, 3.05) is 0 Å². The lowest BCUT2D eigenvalue weighted by Gasteiger charge is -2.01. The third-order valence-electron chi connectivity index (χ3n) is 4.16. The van der Waals surface area contributed by atoms with E-state index in [2.05, 4.69) is 12.2 Å². The minimum Gasteiger partial charge on any atom is -0.550 e. The van der Waals surface area contributed by atoms with Crippen LogP contribution in [0.3, 0.4) is 0 Å². The summed E-state index contributed by atoms with van der Waals surface area (Å²) in [7, 11) is 0. The van der Waals surface area contributed by atoms with Crippen LogP contribution in [0.15, 0.2) is 12.2 Å². The fourth-order valence-electron chi connectivity index (χ4n) is 2.91. The van der Waals surface area contributed by atoms with Crippen molar-refractivity contribution in [3.05, 3.63) is 12.2 Å². The van der Waals surface area contributed by atoms with Crippen molar-refractivity contribution < 1.29 is 9.90 Å². The Morgan fingerprint density at radius 1 is 1.27 bits per heavy atom. The molecule has 0 aromatic rings. The molecule has 15 heavy (non-hydrogen) atoms. The Labute approximate surface area is 91.4 Å². The predicted molar refractivity (Wildman–Crippen MR) is 56.9 cm³/mol. The third-order valence-corrected chi connectivity index (χ3v) is 4.16. The fraction of sp³-hybridized carbons (Fsp3) is 0.769. The van der Waals surface area contributed by atoms with Gasteiger partial charge in [0.1, 0.15) is 0 Å². The molecule has 0 bridgehead atoms. The molecule has 2 atom stereocenters. The fourth-order valence-corrected chi connectivity index (χ4v) is 2.91. The number of carboxylic acid groups (broad SMARTS) is 1. The maximum Gasteiger partial charge on any atom is 0.0456 e. The lowest BCUT2D eigenvalue weighted by atomic mass is 10.0. The van der Waals surface area contributed by atoms with Gasteiger partial charge < -0.3 is 9.90 Å². The van der Waals surface area contributed by atoms with Crippen molar-refractivity contribution in [1.29, 1.82) is 0 Å².